The molecule has 0 unspecified atom stereocenters. The number of carbonyl (C=O) groups excluding carboxylic acids is 1. The number of aromatic amines is 1. The Morgan fingerprint density at radius 2 is 1.69 bits per heavy atom. The van der Waals surface area contributed by atoms with Crippen molar-refractivity contribution in [3.8, 4) is 17.4 Å². The molecule has 0 saturated carbocycles. The first kappa shape index (κ1) is 23.8. The number of nitrogens with two attached hydrogens (primary N) is 1. The lowest BCUT2D eigenvalue weighted by molar-refractivity contribution is -0.116. The number of aromatic hydroxyl groups is 1. The number of carbonyl (C=O) groups is 1. The summed E-state index contributed by atoms with van der Waals surface area (Å²) < 4.78 is 10.9. The van der Waals surface area contributed by atoms with Crippen LogP contribution in [-0.2, 0) is 4.79 Å². The van der Waals surface area contributed by atoms with Gasteiger partial charge in [0.05, 0.1) is 36.7 Å². The number of H-pyrrole nitrogens is 1. The standard InChI is InChI=1S/C27H28N4O4/c1-17(32)31(14-13-28)20-11-9-19(10-12-20)29-26(18-7-5-4-6-8-18)25-21-15-23(34-2)24(35-3)16-22(21)30-27(25)33/h4-12,15-16,30,33H,13-14,28H2,1-3H3. The summed E-state index contributed by atoms with van der Waals surface area (Å²) in [6.45, 7) is 2.31. The van der Waals surface area contributed by atoms with E-state index < -0.39 is 0 Å². The van der Waals surface area contributed by atoms with Gasteiger partial charge in [0, 0.05) is 42.7 Å². The van der Waals surface area contributed by atoms with E-state index in [4.69, 9.17) is 20.2 Å². The summed E-state index contributed by atoms with van der Waals surface area (Å²) in [6, 6.07) is 20.6. The molecule has 1 heterocycles. The molecule has 8 nitrogen and oxygen atoms in total. The smallest absolute Gasteiger partial charge is 0.223 e. The van der Waals surface area contributed by atoms with Crippen LogP contribution in [0.2, 0.25) is 0 Å². The number of hydrogen-bond acceptors (Lipinski definition) is 6. The average Bonchev–Trinajstić information content (AvgIpc) is 3.20. The van der Waals surface area contributed by atoms with Crippen molar-refractivity contribution >= 4 is 33.9 Å². The number of anilines is 1. The molecule has 3 aromatic carbocycles. The lowest BCUT2D eigenvalue weighted by Gasteiger charge is -2.20. The predicted octanol–water partition coefficient (Wildman–Crippen LogP) is 4.37. The predicted molar refractivity (Wildman–Crippen MR) is 138 cm³/mol. The third-order valence-electron chi connectivity index (χ3n) is 5.70. The first-order valence-corrected chi connectivity index (χ1v) is 11.2. The van der Waals surface area contributed by atoms with Crippen molar-refractivity contribution in [2.24, 2.45) is 10.7 Å². The van der Waals surface area contributed by atoms with Gasteiger partial charge >= 0.3 is 0 Å². The maximum atomic E-state index is 12.0. The molecular formula is C27H28N4O4. The molecule has 0 spiro atoms. The van der Waals surface area contributed by atoms with Gasteiger partial charge < -0.3 is 30.2 Å². The summed E-state index contributed by atoms with van der Waals surface area (Å²) in [5.74, 6) is 1.00. The van der Waals surface area contributed by atoms with Crippen molar-refractivity contribution in [3.05, 3.63) is 77.9 Å². The highest BCUT2D eigenvalue weighted by molar-refractivity contribution is 6.22. The van der Waals surface area contributed by atoms with Gasteiger partial charge in [-0.05, 0) is 30.3 Å². The summed E-state index contributed by atoms with van der Waals surface area (Å²) in [5.41, 5.74) is 9.72. The van der Waals surface area contributed by atoms with E-state index in [0.29, 0.717) is 47.1 Å². The van der Waals surface area contributed by atoms with E-state index in [2.05, 4.69) is 4.98 Å². The fraction of sp³-hybridized carbons (Fsp3) is 0.185. The molecule has 0 bridgehead atoms. The molecule has 0 aliphatic heterocycles. The zero-order valence-electron chi connectivity index (χ0n) is 19.9. The fourth-order valence-electron chi connectivity index (χ4n) is 4.04. The Kier molecular flexibility index (Phi) is 7.03. The van der Waals surface area contributed by atoms with Crippen molar-refractivity contribution in [1.82, 2.24) is 4.98 Å². The monoisotopic (exact) mass is 472 g/mol. The Labute approximate surface area is 203 Å². The molecule has 35 heavy (non-hydrogen) atoms. The van der Waals surface area contributed by atoms with Crippen LogP contribution in [0.4, 0.5) is 11.4 Å². The van der Waals surface area contributed by atoms with E-state index in [1.807, 2.05) is 60.7 Å². The lowest BCUT2D eigenvalue weighted by atomic mass is 10.0. The zero-order valence-corrected chi connectivity index (χ0v) is 19.9. The number of benzene rings is 3. The second kappa shape index (κ2) is 10.3. The van der Waals surface area contributed by atoms with Crippen LogP contribution in [0.5, 0.6) is 17.4 Å². The molecule has 0 saturated heterocycles. The van der Waals surface area contributed by atoms with E-state index in [-0.39, 0.29) is 11.8 Å². The molecule has 0 aliphatic carbocycles. The molecule has 180 valence electrons. The topological polar surface area (TPSA) is 113 Å². The van der Waals surface area contributed by atoms with Crippen LogP contribution in [-0.4, -0.2) is 49.0 Å². The van der Waals surface area contributed by atoms with Crippen molar-refractivity contribution in [3.63, 3.8) is 0 Å². The molecule has 0 aliphatic rings. The van der Waals surface area contributed by atoms with Crippen LogP contribution in [0.25, 0.3) is 10.9 Å². The van der Waals surface area contributed by atoms with E-state index in [9.17, 15) is 9.90 Å². The van der Waals surface area contributed by atoms with Crippen LogP contribution < -0.4 is 20.1 Å². The third-order valence-corrected chi connectivity index (χ3v) is 5.70. The number of aliphatic imine (C=N–C) groups is 1. The Morgan fingerprint density at radius 1 is 1.03 bits per heavy atom. The average molecular weight is 473 g/mol. The minimum atomic E-state index is -0.0789. The number of fused-ring (bicyclic) bond motifs is 1. The second-order valence-electron chi connectivity index (χ2n) is 7.90. The quantitative estimate of drug-likeness (QED) is 0.330. The number of ether oxygens (including phenoxy) is 2. The van der Waals surface area contributed by atoms with Crippen molar-refractivity contribution in [2.75, 3.05) is 32.2 Å². The molecule has 4 N–H and O–H groups in total. The summed E-state index contributed by atoms with van der Waals surface area (Å²) in [5, 5.41) is 11.7. The molecule has 0 radical (unpaired) electrons. The summed E-state index contributed by atoms with van der Waals surface area (Å²) in [7, 11) is 3.13. The van der Waals surface area contributed by atoms with E-state index in [0.717, 1.165) is 16.6 Å². The second-order valence-corrected chi connectivity index (χ2v) is 7.90. The first-order valence-electron chi connectivity index (χ1n) is 11.2. The number of hydrogen-bond donors (Lipinski definition) is 3. The Hall–Kier alpha value is -4.30. The summed E-state index contributed by atoms with van der Waals surface area (Å²) >= 11 is 0. The highest BCUT2D eigenvalue weighted by Crippen LogP contribution is 2.38. The number of rotatable bonds is 8. The zero-order chi connectivity index (χ0) is 24.9. The number of amides is 1. The van der Waals surface area contributed by atoms with Gasteiger partial charge in [0.2, 0.25) is 5.91 Å². The van der Waals surface area contributed by atoms with Crippen LogP contribution in [0, 0.1) is 0 Å². The molecule has 1 amide bonds. The van der Waals surface area contributed by atoms with Gasteiger partial charge in [0.1, 0.15) is 0 Å². The van der Waals surface area contributed by atoms with Crippen LogP contribution >= 0.6 is 0 Å². The summed E-state index contributed by atoms with van der Waals surface area (Å²) in [6.07, 6.45) is 0. The molecule has 0 fully saturated rings. The van der Waals surface area contributed by atoms with Gasteiger partial charge in [-0.2, -0.15) is 0 Å². The Balaban J connectivity index is 1.87. The first-order chi connectivity index (χ1) is 17.0. The number of nitrogens with one attached hydrogen (secondary N) is 1. The highest BCUT2D eigenvalue weighted by Gasteiger charge is 2.21. The summed E-state index contributed by atoms with van der Waals surface area (Å²) in [4.78, 5) is 21.5. The Morgan fingerprint density at radius 3 is 2.29 bits per heavy atom. The van der Waals surface area contributed by atoms with E-state index in [1.165, 1.54) is 6.92 Å². The maximum absolute atomic E-state index is 12.0. The SMILES string of the molecule is COc1cc2[nH]c(O)c(C(=Nc3ccc(N(CCN)C(C)=O)cc3)c3ccccc3)c2cc1OC. The molecule has 4 rings (SSSR count). The highest BCUT2D eigenvalue weighted by atomic mass is 16.5. The lowest BCUT2D eigenvalue weighted by Crippen LogP contribution is -2.33. The van der Waals surface area contributed by atoms with Crippen molar-refractivity contribution in [1.29, 1.82) is 0 Å². The van der Waals surface area contributed by atoms with Gasteiger partial charge in [-0.1, -0.05) is 30.3 Å². The van der Waals surface area contributed by atoms with Crippen molar-refractivity contribution < 1.29 is 19.4 Å². The van der Waals surface area contributed by atoms with Crippen molar-refractivity contribution in [2.45, 2.75) is 6.92 Å². The normalized spacial score (nSPS) is 11.5. The van der Waals surface area contributed by atoms with E-state index >= 15 is 0 Å². The van der Waals surface area contributed by atoms with Gasteiger partial charge in [-0.3, -0.25) is 4.79 Å². The molecule has 0 atom stereocenters. The number of methoxy groups -OCH3 is 2. The van der Waals surface area contributed by atoms with Crippen LogP contribution in [0.1, 0.15) is 18.1 Å². The van der Waals surface area contributed by atoms with Crippen LogP contribution in [0.3, 0.4) is 0 Å². The van der Waals surface area contributed by atoms with Gasteiger partial charge in [0.15, 0.2) is 17.4 Å². The number of aromatic nitrogens is 1. The van der Waals surface area contributed by atoms with Gasteiger partial charge in [0.25, 0.3) is 0 Å². The minimum absolute atomic E-state index is 0.0137. The molecule has 8 heteroatoms. The minimum Gasteiger partial charge on any atom is -0.494 e. The largest absolute Gasteiger partial charge is 0.494 e. The molecule has 1 aromatic heterocycles. The Bertz CT molecular complexity index is 1360. The van der Waals surface area contributed by atoms with Gasteiger partial charge in [-0.15, -0.1) is 0 Å². The maximum Gasteiger partial charge on any atom is 0.223 e. The third kappa shape index (κ3) is 4.83. The number of nitrogens with zero attached hydrogens (tertiary/aromatic N) is 2. The van der Waals surface area contributed by atoms with Crippen LogP contribution in [0.15, 0.2) is 71.7 Å². The fourth-order valence-corrected chi connectivity index (χ4v) is 4.04. The molecule has 4 aromatic rings. The molecular weight excluding hydrogens is 444 g/mol. The van der Waals surface area contributed by atoms with E-state index in [1.54, 1.807) is 25.2 Å². The van der Waals surface area contributed by atoms with Gasteiger partial charge in [-0.25, -0.2) is 4.99 Å².